The average Bonchev–Trinajstić information content (AvgIpc) is 2.37. The number of hydrogen-bond acceptors (Lipinski definition) is 4. The topological polar surface area (TPSA) is 104 Å². The summed E-state index contributed by atoms with van der Waals surface area (Å²) < 4.78 is 0. The smallest absolute Gasteiger partial charge is 0.335 e. The van der Waals surface area contributed by atoms with E-state index in [-0.39, 0.29) is 24.2 Å². The lowest BCUT2D eigenvalue weighted by Gasteiger charge is -2.25. The Balaban J connectivity index is 2.24. The molecule has 0 atom stereocenters. The number of carboxylic acids is 1. The molecular formula is C12H10N2O5. The molecule has 0 bridgehead atoms. The summed E-state index contributed by atoms with van der Waals surface area (Å²) in [4.78, 5) is 46.3. The van der Waals surface area contributed by atoms with Gasteiger partial charge in [0.2, 0.25) is 11.8 Å². The lowest BCUT2D eigenvalue weighted by Crippen LogP contribution is -2.53. The van der Waals surface area contributed by atoms with Crippen molar-refractivity contribution in [2.75, 3.05) is 13.1 Å². The molecule has 98 valence electrons. The number of carbonyl (C=O) groups is 4. The number of carboxylic acid groups (broad SMARTS) is 1. The van der Waals surface area contributed by atoms with Crippen LogP contribution in [-0.2, 0) is 9.59 Å². The Morgan fingerprint density at radius 2 is 1.68 bits per heavy atom. The van der Waals surface area contributed by atoms with E-state index in [2.05, 4.69) is 5.32 Å². The van der Waals surface area contributed by atoms with Gasteiger partial charge in [0.25, 0.3) is 5.91 Å². The highest BCUT2D eigenvalue weighted by Crippen LogP contribution is 2.10. The molecule has 0 aromatic heterocycles. The van der Waals surface area contributed by atoms with Crippen molar-refractivity contribution in [3.05, 3.63) is 35.4 Å². The summed E-state index contributed by atoms with van der Waals surface area (Å²) in [6.07, 6.45) is 0. The van der Waals surface area contributed by atoms with E-state index in [0.29, 0.717) is 0 Å². The SMILES string of the molecule is O=C1CN(C(=O)c2cccc(C(=O)O)c2)CC(=O)N1. The second kappa shape index (κ2) is 4.89. The zero-order valence-electron chi connectivity index (χ0n) is 9.75. The number of benzene rings is 1. The van der Waals surface area contributed by atoms with Crippen LogP contribution in [0.25, 0.3) is 0 Å². The number of rotatable bonds is 2. The van der Waals surface area contributed by atoms with Gasteiger partial charge < -0.3 is 10.0 Å². The Labute approximate surface area is 107 Å². The molecule has 0 radical (unpaired) electrons. The van der Waals surface area contributed by atoms with Crippen LogP contribution in [0.3, 0.4) is 0 Å². The van der Waals surface area contributed by atoms with Gasteiger partial charge in [0.05, 0.1) is 5.56 Å². The highest BCUT2D eigenvalue weighted by Gasteiger charge is 2.27. The van der Waals surface area contributed by atoms with E-state index in [9.17, 15) is 19.2 Å². The molecule has 7 heteroatoms. The second-order valence-electron chi connectivity index (χ2n) is 4.02. The number of aromatic carboxylic acids is 1. The number of nitrogens with zero attached hydrogens (tertiary/aromatic N) is 1. The molecule has 1 saturated heterocycles. The average molecular weight is 262 g/mol. The highest BCUT2D eigenvalue weighted by molar-refractivity contribution is 6.06. The van der Waals surface area contributed by atoms with Crippen LogP contribution in [0.5, 0.6) is 0 Å². The lowest BCUT2D eigenvalue weighted by molar-refractivity contribution is -0.135. The second-order valence-corrected chi connectivity index (χ2v) is 4.02. The molecule has 1 heterocycles. The maximum Gasteiger partial charge on any atom is 0.335 e. The summed E-state index contributed by atoms with van der Waals surface area (Å²) in [6.45, 7) is -0.441. The van der Waals surface area contributed by atoms with Gasteiger partial charge in [-0.25, -0.2) is 4.79 Å². The number of piperazine rings is 1. The summed E-state index contributed by atoms with van der Waals surface area (Å²) in [5.74, 6) is -2.81. The molecule has 1 aromatic carbocycles. The van der Waals surface area contributed by atoms with Crippen LogP contribution >= 0.6 is 0 Å². The number of carbonyl (C=O) groups excluding carboxylic acids is 3. The highest BCUT2D eigenvalue weighted by atomic mass is 16.4. The Bertz CT molecular complexity index is 565. The van der Waals surface area contributed by atoms with E-state index in [1.165, 1.54) is 24.3 Å². The molecule has 2 N–H and O–H groups in total. The summed E-state index contributed by atoms with van der Waals surface area (Å²) in [5.41, 5.74) is 0.0982. The minimum absolute atomic E-state index is 0.0290. The number of hydrogen-bond donors (Lipinski definition) is 2. The molecule has 19 heavy (non-hydrogen) atoms. The monoisotopic (exact) mass is 262 g/mol. The van der Waals surface area contributed by atoms with Gasteiger partial charge in [0.1, 0.15) is 13.1 Å². The van der Waals surface area contributed by atoms with Gasteiger partial charge in [-0.15, -0.1) is 0 Å². The van der Waals surface area contributed by atoms with Crippen LogP contribution in [0.4, 0.5) is 0 Å². The van der Waals surface area contributed by atoms with Gasteiger partial charge in [-0.1, -0.05) is 6.07 Å². The van der Waals surface area contributed by atoms with Crippen molar-refractivity contribution < 1.29 is 24.3 Å². The van der Waals surface area contributed by atoms with Gasteiger partial charge in [0, 0.05) is 5.56 Å². The van der Waals surface area contributed by atoms with E-state index < -0.39 is 23.7 Å². The third-order valence-corrected chi connectivity index (χ3v) is 2.59. The lowest BCUT2D eigenvalue weighted by atomic mass is 10.1. The fraction of sp³-hybridized carbons (Fsp3) is 0.167. The minimum atomic E-state index is -1.15. The molecule has 3 amide bonds. The first-order valence-electron chi connectivity index (χ1n) is 5.42. The van der Waals surface area contributed by atoms with Gasteiger partial charge in [0.15, 0.2) is 0 Å². The van der Waals surface area contributed by atoms with Crippen molar-refractivity contribution in [1.29, 1.82) is 0 Å². The largest absolute Gasteiger partial charge is 0.478 e. The van der Waals surface area contributed by atoms with Gasteiger partial charge in [-0.2, -0.15) is 0 Å². The summed E-state index contributed by atoms with van der Waals surface area (Å²) in [7, 11) is 0. The first-order valence-corrected chi connectivity index (χ1v) is 5.42. The zero-order chi connectivity index (χ0) is 14.0. The predicted molar refractivity (Wildman–Crippen MR) is 62.5 cm³/mol. The van der Waals surface area contributed by atoms with Crippen molar-refractivity contribution in [3.8, 4) is 0 Å². The van der Waals surface area contributed by atoms with Gasteiger partial charge in [-0.3, -0.25) is 19.7 Å². The fourth-order valence-electron chi connectivity index (χ4n) is 1.75. The number of imide groups is 1. The van der Waals surface area contributed by atoms with E-state index in [0.717, 1.165) is 4.90 Å². The Kier molecular flexibility index (Phi) is 3.28. The maximum absolute atomic E-state index is 12.1. The molecule has 1 aliphatic heterocycles. The van der Waals surface area contributed by atoms with Crippen molar-refractivity contribution in [1.82, 2.24) is 10.2 Å². The number of nitrogens with one attached hydrogen (secondary N) is 1. The molecule has 0 spiro atoms. The van der Waals surface area contributed by atoms with E-state index in [1.807, 2.05) is 0 Å². The first-order chi connectivity index (χ1) is 8.97. The van der Waals surface area contributed by atoms with Gasteiger partial charge in [-0.05, 0) is 18.2 Å². The van der Waals surface area contributed by atoms with Crippen molar-refractivity contribution in [3.63, 3.8) is 0 Å². The first kappa shape index (κ1) is 12.7. The van der Waals surface area contributed by atoms with Crippen LogP contribution < -0.4 is 5.32 Å². The van der Waals surface area contributed by atoms with E-state index in [4.69, 9.17) is 5.11 Å². The number of amides is 3. The summed E-state index contributed by atoms with van der Waals surface area (Å²) in [6, 6.07) is 5.43. The molecule has 1 fully saturated rings. The normalized spacial score (nSPS) is 15.1. The molecule has 1 aromatic rings. The Morgan fingerprint density at radius 3 is 2.26 bits per heavy atom. The van der Waals surface area contributed by atoms with Crippen LogP contribution in [0, 0.1) is 0 Å². The van der Waals surface area contributed by atoms with Crippen LogP contribution in [0.1, 0.15) is 20.7 Å². The van der Waals surface area contributed by atoms with Crippen molar-refractivity contribution in [2.45, 2.75) is 0 Å². The molecular weight excluding hydrogens is 252 g/mol. The maximum atomic E-state index is 12.1. The summed E-state index contributed by atoms with van der Waals surface area (Å²) in [5, 5.41) is 10.9. The Morgan fingerprint density at radius 1 is 1.11 bits per heavy atom. The third kappa shape index (κ3) is 2.76. The molecule has 1 aliphatic rings. The van der Waals surface area contributed by atoms with Crippen molar-refractivity contribution >= 4 is 23.7 Å². The standard InChI is InChI=1S/C12H10N2O5/c15-9-5-14(6-10(16)13-9)11(17)7-2-1-3-8(4-7)12(18)19/h1-4H,5-6H2,(H,18,19)(H,13,15,16). The minimum Gasteiger partial charge on any atom is -0.478 e. The molecule has 0 unspecified atom stereocenters. The van der Waals surface area contributed by atoms with Crippen LogP contribution in [0.15, 0.2) is 24.3 Å². The quantitative estimate of drug-likeness (QED) is 0.698. The zero-order valence-corrected chi connectivity index (χ0v) is 9.75. The fourth-order valence-corrected chi connectivity index (χ4v) is 1.75. The summed E-state index contributed by atoms with van der Waals surface area (Å²) >= 11 is 0. The van der Waals surface area contributed by atoms with E-state index >= 15 is 0 Å². The van der Waals surface area contributed by atoms with Crippen molar-refractivity contribution in [2.24, 2.45) is 0 Å². The third-order valence-electron chi connectivity index (χ3n) is 2.59. The predicted octanol–water partition coefficient (Wildman–Crippen LogP) is -0.517. The molecule has 0 aliphatic carbocycles. The van der Waals surface area contributed by atoms with E-state index in [1.54, 1.807) is 0 Å². The van der Waals surface area contributed by atoms with Crippen LogP contribution in [0.2, 0.25) is 0 Å². The van der Waals surface area contributed by atoms with Gasteiger partial charge >= 0.3 is 5.97 Å². The molecule has 0 saturated carbocycles. The Hall–Kier alpha value is -2.70. The molecule has 2 rings (SSSR count). The molecule has 7 nitrogen and oxygen atoms in total. The van der Waals surface area contributed by atoms with Crippen LogP contribution in [-0.4, -0.2) is 46.8 Å².